The van der Waals surface area contributed by atoms with E-state index in [1.165, 1.54) is 27.8 Å². The number of guanidine groups is 1. The van der Waals surface area contributed by atoms with E-state index in [2.05, 4.69) is 83.4 Å². The molecule has 0 saturated carbocycles. The third kappa shape index (κ3) is 7.82. The molecule has 6 heteroatoms. The fourth-order valence-corrected chi connectivity index (χ4v) is 3.47. The predicted octanol–water partition coefficient (Wildman–Crippen LogP) is 4.46. The van der Waals surface area contributed by atoms with Crippen molar-refractivity contribution >= 4 is 29.9 Å². The highest BCUT2D eigenvalue weighted by Crippen LogP contribution is 2.10. The van der Waals surface area contributed by atoms with Gasteiger partial charge in [0.15, 0.2) is 5.96 Å². The summed E-state index contributed by atoms with van der Waals surface area (Å²) in [5, 5.41) is 6.80. The average molecular weight is 517 g/mol. The summed E-state index contributed by atoms with van der Waals surface area (Å²) >= 11 is 0. The molecule has 0 saturated heterocycles. The second-order valence-electron chi connectivity index (χ2n) is 7.42. The van der Waals surface area contributed by atoms with Crippen LogP contribution in [0.2, 0.25) is 0 Å². The monoisotopic (exact) mass is 517 g/mol. The second kappa shape index (κ2) is 12.4. The second-order valence-corrected chi connectivity index (χ2v) is 7.42. The van der Waals surface area contributed by atoms with Crippen molar-refractivity contribution in [1.82, 2.24) is 20.2 Å². The van der Waals surface area contributed by atoms with E-state index in [9.17, 15) is 0 Å². The molecule has 2 N–H and O–H groups in total. The first-order valence-corrected chi connectivity index (χ1v) is 10.3. The van der Waals surface area contributed by atoms with Crippen LogP contribution in [0.25, 0.3) is 0 Å². The van der Waals surface area contributed by atoms with Crippen LogP contribution >= 0.6 is 24.0 Å². The Hall–Kier alpha value is -2.35. The zero-order valence-electron chi connectivity index (χ0n) is 18.1. The number of hydrogen-bond donors (Lipinski definition) is 2. The Bertz CT molecular complexity index is 914. The van der Waals surface area contributed by atoms with Crippen molar-refractivity contribution in [1.29, 1.82) is 0 Å². The molecule has 0 spiro atoms. The molecule has 0 atom stereocenters. The minimum Gasteiger partial charge on any atom is -0.357 e. The number of aryl methyl sites for hydroxylation is 2. The molecule has 0 unspecified atom stereocenters. The van der Waals surface area contributed by atoms with Gasteiger partial charge in [0.1, 0.15) is 0 Å². The maximum absolute atomic E-state index is 4.76. The van der Waals surface area contributed by atoms with Crippen molar-refractivity contribution < 1.29 is 0 Å². The highest BCUT2D eigenvalue weighted by atomic mass is 127. The van der Waals surface area contributed by atoms with Crippen molar-refractivity contribution in [3.63, 3.8) is 0 Å². The van der Waals surface area contributed by atoms with Gasteiger partial charge >= 0.3 is 0 Å². The van der Waals surface area contributed by atoms with Crippen LogP contribution in [0.5, 0.6) is 0 Å². The van der Waals surface area contributed by atoms with E-state index in [0.29, 0.717) is 6.54 Å². The molecular weight excluding hydrogens is 485 g/mol. The highest BCUT2D eigenvalue weighted by molar-refractivity contribution is 14.0. The summed E-state index contributed by atoms with van der Waals surface area (Å²) in [4.78, 5) is 8.87. The lowest BCUT2D eigenvalue weighted by molar-refractivity contribution is 0.791. The first-order valence-electron chi connectivity index (χ1n) is 10.3. The van der Waals surface area contributed by atoms with Gasteiger partial charge in [0.25, 0.3) is 0 Å². The van der Waals surface area contributed by atoms with Crippen LogP contribution in [0.15, 0.2) is 66.2 Å². The molecule has 1 heterocycles. The number of hydrogen-bond acceptors (Lipinski definition) is 2. The first-order chi connectivity index (χ1) is 14.1. The molecule has 2 aromatic carbocycles. The summed E-state index contributed by atoms with van der Waals surface area (Å²) in [6, 6.07) is 15.3. The van der Waals surface area contributed by atoms with Crippen LogP contribution < -0.4 is 10.6 Å². The molecule has 1 aromatic heterocycles. The Kier molecular flexibility index (Phi) is 9.86. The zero-order valence-corrected chi connectivity index (χ0v) is 20.4. The molecule has 3 rings (SSSR count). The Balaban J connectivity index is 0.00000320. The molecule has 0 aliphatic carbocycles. The third-order valence-corrected chi connectivity index (χ3v) is 4.67. The topological polar surface area (TPSA) is 54.2 Å². The number of imidazole rings is 1. The molecule has 5 nitrogen and oxygen atoms in total. The number of aromatic nitrogens is 2. The molecule has 160 valence electrons. The summed E-state index contributed by atoms with van der Waals surface area (Å²) in [6.07, 6.45) is 6.61. The van der Waals surface area contributed by atoms with E-state index < -0.39 is 0 Å². The lowest BCUT2D eigenvalue weighted by atomic mass is 10.1. The van der Waals surface area contributed by atoms with Gasteiger partial charge in [-0.15, -0.1) is 24.0 Å². The van der Waals surface area contributed by atoms with Gasteiger partial charge in [-0.25, -0.2) is 9.98 Å². The smallest absolute Gasteiger partial charge is 0.191 e. The van der Waals surface area contributed by atoms with Gasteiger partial charge in [-0.2, -0.15) is 0 Å². The predicted molar refractivity (Wildman–Crippen MR) is 136 cm³/mol. The number of nitrogens with one attached hydrogen (secondary N) is 2. The lowest BCUT2D eigenvalue weighted by Crippen LogP contribution is -2.38. The third-order valence-electron chi connectivity index (χ3n) is 4.67. The number of nitrogens with zero attached hydrogens (tertiary/aromatic N) is 3. The van der Waals surface area contributed by atoms with Crippen LogP contribution in [0.3, 0.4) is 0 Å². The normalized spacial score (nSPS) is 11.1. The van der Waals surface area contributed by atoms with Crippen molar-refractivity contribution in [2.45, 2.75) is 40.3 Å². The summed E-state index contributed by atoms with van der Waals surface area (Å²) in [7, 11) is 0. The first kappa shape index (κ1) is 23.9. The fourth-order valence-electron chi connectivity index (χ4n) is 3.47. The Morgan fingerprint density at radius 3 is 2.47 bits per heavy atom. The van der Waals surface area contributed by atoms with E-state index in [-0.39, 0.29) is 24.0 Å². The maximum Gasteiger partial charge on any atom is 0.191 e. The molecule has 3 aromatic rings. The van der Waals surface area contributed by atoms with Gasteiger partial charge in [0.2, 0.25) is 0 Å². The van der Waals surface area contributed by atoms with Crippen LogP contribution in [0, 0.1) is 13.8 Å². The Labute approximate surface area is 197 Å². The molecule has 0 aliphatic rings. The van der Waals surface area contributed by atoms with Gasteiger partial charge < -0.3 is 15.2 Å². The largest absolute Gasteiger partial charge is 0.357 e. The number of benzene rings is 2. The highest BCUT2D eigenvalue weighted by Gasteiger charge is 2.01. The van der Waals surface area contributed by atoms with E-state index >= 15 is 0 Å². The summed E-state index contributed by atoms with van der Waals surface area (Å²) in [5.41, 5.74) is 6.45. The van der Waals surface area contributed by atoms with Crippen LogP contribution in [-0.2, 0) is 19.5 Å². The minimum absolute atomic E-state index is 0. The van der Waals surface area contributed by atoms with Crippen LogP contribution in [0.4, 0.5) is 0 Å². The lowest BCUT2D eigenvalue weighted by Gasteiger charge is -2.12. The summed E-state index contributed by atoms with van der Waals surface area (Å²) in [5.74, 6) is 0.858. The maximum atomic E-state index is 4.76. The standard InChI is InChI=1S/C24H31N5.HI/c1-4-26-24(27-9-8-21-13-19(2)12-20(3)14-21)28-16-22-6-5-7-23(15-22)17-29-11-10-25-18-29;/h5-7,10-15,18H,4,8-9,16-17H2,1-3H3,(H2,26,27,28);1H. The van der Waals surface area contributed by atoms with E-state index in [0.717, 1.165) is 32.0 Å². The van der Waals surface area contributed by atoms with Gasteiger partial charge in [0.05, 0.1) is 12.9 Å². The molecule has 0 radical (unpaired) electrons. The van der Waals surface area contributed by atoms with Crippen molar-refractivity contribution in [2.75, 3.05) is 13.1 Å². The molecule has 30 heavy (non-hydrogen) atoms. The van der Waals surface area contributed by atoms with Gasteiger partial charge in [-0.1, -0.05) is 53.6 Å². The van der Waals surface area contributed by atoms with Crippen molar-refractivity contribution in [2.24, 2.45) is 4.99 Å². The molecular formula is C24H32IN5. The number of rotatable bonds is 8. The number of halogens is 1. The fraction of sp³-hybridized carbons (Fsp3) is 0.333. The number of aliphatic imine (C=N–C) groups is 1. The van der Waals surface area contributed by atoms with Crippen LogP contribution in [-0.4, -0.2) is 28.6 Å². The minimum atomic E-state index is 0. The molecule has 0 bridgehead atoms. The molecule has 0 aliphatic heterocycles. The van der Waals surface area contributed by atoms with Gasteiger partial charge in [0, 0.05) is 32.0 Å². The van der Waals surface area contributed by atoms with E-state index in [1.807, 2.05) is 12.5 Å². The van der Waals surface area contributed by atoms with Gasteiger partial charge in [-0.3, -0.25) is 0 Å². The zero-order chi connectivity index (χ0) is 20.5. The van der Waals surface area contributed by atoms with Crippen molar-refractivity contribution in [3.05, 3.63) is 89.0 Å². The quantitative estimate of drug-likeness (QED) is 0.264. The summed E-state index contributed by atoms with van der Waals surface area (Å²) < 4.78 is 2.07. The Morgan fingerprint density at radius 2 is 1.77 bits per heavy atom. The van der Waals surface area contributed by atoms with Gasteiger partial charge in [-0.05, 0) is 43.9 Å². The summed E-state index contributed by atoms with van der Waals surface area (Å²) in [6.45, 7) is 9.56. The Morgan fingerprint density at radius 1 is 1.00 bits per heavy atom. The van der Waals surface area contributed by atoms with E-state index in [1.54, 1.807) is 6.20 Å². The SMILES string of the molecule is CCNC(=NCc1cccc(Cn2ccnc2)c1)NCCc1cc(C)cc(C)c1.I. The molecule has 0 amide bonds. The molecule has 0 fully saturated rings. The van der Waals surface area contributed by atoms with E-state index in [4.69, 9.17) is 4.99 Å². The average Bonchev–Trinajstić information content (AvgIpc) is 3.19. The van der Waals surface area contributed by atoms with Crippen molar-refractivity contribution in [3.8, 4) is 0 Å². The van der Waals surface area contributed by atoms with Crippen LogP contribution in [0.1, 0.15) is 34.7 Å².